The number of nitrogens with zero attached hydrogens (tertiary/aromatic N) is 2. The second-order valence-corrected chi connectivity index (χ2v) is 5.41. The summed E-state index contributed by atoms with van der Waals surface area (Å²) in [6.07, 6.45) is 1.83. The van der Waals surface area contributed by atoms with Crippen molar-refractivity contribution in [3.63, 3.8) is 0 Å². The Bertz CT molecular complexity index is 281. The Morgan fingerprint density at radius 1 is 1.30 bits per heavy atom. The van der Waals surface area contributed by atoms with Crippen molar-refractivity contribution in [2.75, 3.05) is 47.1 Å². The van der Waals surface area contributed by atoms with Crippen LogP contribution in [0, 0.1) is 11.3 Å². The molecule has 2 atom stereocenters. The molecule has 0 aliphatic carbocycles. The maximum absolute atomic E-state index is 9.25. The maximum Gasteiger partial charge on any atom is 0.103 e. The molecule has 0 aromatic heterocycles. The molecule has 118 valence electrons. The Morgan fingerprint density at radius 2 is 2.00 bits per heavy atom. The van der Waals surface area contributed by atoms with Gasteiger partial charge in [0, 0.05) is 26.8 Å². The maximum atomic E-state index is 9.25. The van der Waals surface area contributed by atoms with Gasteiger partial charge in [-0.15, -0.1) is 0 Å². The van der Waals surface area contributed by atoms with E-state index in [1.165, 1.54) is 0 Å². The second kappa shape index (κ2) is 11.0. The van der Waals surface area contributed by atoms with E-state index in [1.807, 2.05) is 13.8 Å². The van der Waals surface area contributed by atoms with E-state index < -0.39 is 5.54 Å². The van der Waals surface area contributed by atoms with Crippen LogP contribution in [0.5, 0.6) is 0 Å². The van der Waals surface area contributed by atoms with E-state index in [1.54, 1.807) is 14.2 Å². The van der Waals surface area contributed by atoms with E-state index in [0.717, 1.165) is 39.1 Å². The summed E-state index contributed by atoms with van der Waals surface area (Å²) < 4.78 is 10.4. The van der Waals surface area contributed by atoms with Gasteiger partial charge in [0.05, 0.1) is 19.3 Å². The Hall–Kier alpha value is -0.670. The van der Waals surface area contributed by atoms with Gasteiger partial charge in [0.2, 0.25) is 0 Å². The summed E-state index contributed by atoms with van der Waals surface area (Å²) in [5.74, 6) is 0. The normalized spacial score (nSPS) is 15.8. The molecule has 0 bridgehead atoms. The van der Waals surface area contributed by atoms with Gasteiger partial charge in [-0.1, -0.05) is 6.92 Å². The molecular formula is C15H31N3O2. The molecule has 0 amide bonds. The highest BCUT2D eigenvalue weighted by atomic mass is 16.5. The summed E-state index contributed by atoms with van der Waals surface area (Å²) >= 11 is 0. The van der Waals surface area contributed by atoms with Crippen LogP contribution in [0.2, 0.25) is 0 Å². The summed E-state index contributed by atoms with van der Waals surface area (Å²) in [5.41, 5.74) is -0.424. The fourth-order valence-electron chi connectivity index (χ4n) is 2.32. The van der Waals surface area contributed by atoms with Crippen LogP contribution < -0.4 is 5.32 Å². The highest BCUT2D eigenvalue weighted by Gasteiger charge is 2.22. The summed E-state index contributed by atoms with van der Waals surface area (Å²) in [5, 5.41) is 12.5. The molecule has 0 aromatic rings. The molecule has 0 spiro atoms. The van der Waals surface area contributed by atoms with Crippen molar-refractivity contribution in [3.8, 4) is 6.07 Å². The van der Waals surface area contributed by atoms with Crippen molar-refractivity contribution in [2.45, 2.75) is 45.2 Å². The largest absolute Gasteiger partial charge is 0.383 e. The number of hydrogen-bond acceptors (Lipinski definition) is 5. The van der Waals surface area contributed by atoms with Crippen molar-refractivity contribution in [2.24, 2.45) is 0 Å². The van der Waals surface area contributed by atoms with Gasteiger partial charge in [-0.3, -0.25) is 10.2 Å². The smallest absolute Gasteiger partial charge is 0.103 e. The topological polar surface area (TPSA) is 57.5 Å². The van der Waals surface area contributed by atoms with Crippen LogP contribution in [-0.4, -0.2) is 63.5 Å². The Balaban J connectivity index is 4.27. The van der Waals surface area contributed by atoms with Gasteiger partial charge in [-0.05, 0) is 39.8 Å². The Labute approximate surface area is 124 Å². The van der Waals surface area contributed by atoms with Crippen LogP contribution in [0.15, 0.2) is 0 Å². The molecule has 0 aliphatic rings. The first-order valence-corrected chi connectivity index (χ1v) is 7.41. The lowest BCUT2D eigenvalue weighted by Gasteiger charge is -2.30. The minimum atomic E-state index is -0.424. The Kier molecular flexibility index (Phi) is 10.7. The van der Waals surface area contributed by atoms with Crippen LogP contribution in [0.1, 0.15) is 33.6 Å². The third kappa shape index (κ3) is 7.81. The van der Waals surface area contributed by atoms with Gasteiger partial charge in [0.25, 0.3) is 0 Å². The summed E-state index contributed by atoms with van der Waals surface area (Å²) in [7, 11) is 3.44. The van der Waals surface area contributed by atoms with E-state index in [9.17, 15) is 5.26 Å². The SMILES string of the molecule is CCNC(C)(C#N)CCCN(CCOC)C(C)COC. The lowest BCUT2D eigenvalue weighted by molar-refractivity contribution is 0.0731. The predicted molar refractivity (Wildman–Crippen MR) is 81.7 cm³/mol. The number of rotatable bonds is 12. The number of nitrogens with one attached hydrogen (secondary N) is 1. The highest BCUT2D eigenvalue weighted by molar-refractivity contribution is 5.03. The predicted octanol–water partition coefficient (Wildman–Crippen LogP) is 1.64. The van der Waals surface area contributed by atoms with Crippen LogP contribution >= 0.6 is 0 Å². The fourth-order valence-corrected chi connectivity index (χ4v) is 2.32. The van der Waals surface area contributed by atoms with Gasteiger partial charge in [-0.2, -0.15) is 5.26 Å². The zero-order valence-corrected chi connectivity index (χ0v) is 13.7. The molecule has 0 radical (unpaired) electrons. The number of hydrogen-bond donors (Lipinski definition) is 1. The van der Waals surface area contributed by atoms with Gasteiger partial charge >= 0.3 is 0 Å². The molecule has 20 heavy (non-hydrogen) atoms. The average molecular weight is 285 g/mol. The van der Waals surface area contributed by atoms with Crippen LogP contribution in [0.25, 0.3) is 0 Å². The van der Waals surface area contributed by atoms with Gasteiger partial charge < -0.3 is 9.47 Å². The minimum absolute atomic E-state index is 0.364. The van der Waals surface area contributed by atoms with Crippen molar-refractivity contribution in [3.05, 3.63) is 0 Å². The monoisotopic (exact) mass is 285 g/mol. The van der Waals surface area contributed by atoms with Crippen LogP contribution in [-0.2, 0) is 9.47 Å². The van der Waals surface area contributed by atoms with Crippen LogP contribution in [0.4, 0.5) is 0 Å². The first-order chi connectivity index (χ1) is 9.52. The first-order valence-electron chi connectivity index (χ1n) is 7.41. The quantitative estimate of drug-likeness (QED) is 0.591. The lowest BCUT2D eigenvalue weighted by atomic mass is 9.97. The van der Waals surface area contributed by atoms with Crippen molar-refractivity contribution in [1.82, 2.24) is 10.2 Å². The third-order valence-electron chi connectivity index (χ3n) is 3.55. The van der Waals surface area contributed by atoms with Gasteiger partial charge in [-0.25, -0.2) is 0 Å². The molecule has 0 saturated heterocycles. The first kappa shape index (κ1) is 19.3. The third-order valence-corrected chi connectivity index (χ3v) is 3.55. The van der Waals surface area contributed by atoms with Crippen molar-refractivity contribution < 1.29 is 9.47 Å². The molecule has 1 N–H and O–H groups in total. The molecular weight excluding hydrogens is 254 g/mol. The molecule has 0 heterocycles. The molecule has 0 rings (SSSR count). The van der Waals surface area contributed by atoms with E-state index in [-0.39, 0.29) is 0 Å². The van der Waals surface area contributed by atoms with E-state index in [4.69, 9.17) is 9.47 Å². The van der Waals surface area contributed by atoms with Crippen LogP contribution in [0.3, 0.4) is 0 Å². The summed E-state index contributed by atoms with van der Waals surface area (Å²) in [6, 6.07) is 2.74. The summed E-state index contributed by atoms with van der Waals surface area (Å²) in [6.45, 7) is 10.3. The van der Waals surface area contributed by atoms with Gasteiger partial charge in [0.15, 0.2) is 0 Å². The molecule has 2 unspecified atom stereocenters. The number of nitriles is 1. The fraction of sp³-hybridized carbons (Fsp3) is 0.933. The number of ether oxygens (including phenoxy) is 2. The standard InChI is InChI=1S/C15H31N3O2/c1-6-17-15(3,13-16)8-7-9-18(10-11-19-4)14(2)12-20-5/h14,17H,6-12H2,1-5H3. The lowest BCUT2D eigenvalue weighted by Crippen LogP contribution is -2.43. The zero-order valence-electron chi connectivity index (χ0n) is 13.7. The highest BCUT2D eigenvalue weighted by Crippen LogP contribution is 2.12. The van der Waals surface area contributed by atoms with E-state index in [2.05, 4.69) is 23.2 Å². The molecule has 5 nitrogen and oxygen atoms in total. The van der Waals surface area contributed by atoms with E-state index >= 15 is 0 Å². The number of methoxy groups -OCH3 is 2. The average Bonchev–Trinajstić information content (AvgIpc) is 2.43. The molecule has 0 aromatic carbocycles. The second-order valence-electron chi connectivity index (χ2n) is 5.41. The Morgan fingerprint density at radius 3 is 2.50 bits per heavy atom. The van der Waals surface area contributed by atoms with E-state index in [0.29, 0.717) is 12.6 Å². The van der Waals surface area contributed by atoms with Crippen molar-refractivity contribution >= 4 is 0 Å². The molecule has 0 aliphatic heterocycles. The molecule has 0 saturated carbocycles. The zero-order chi connectivity index (χ0) is 15.4. The van der Waals surface area contributed by atoms with Gasteiger partial charge in [0.1, 0.15) is 5.54 Å². The van der Waals surface area contributed by atoms with Crippen molar-refractivity contribution in [1.29, 1.82) is 5.26 Å². The summed E-state index contributed by atoms with van der Waals surface area (Å²) in [4.78, 5) is 2.36. The molecule has 0 fully saturated rings. The minimum Gasteiger partial charge on any atom is -0.383 e. The molecule has 5 heteroatoms.